The number of ether oxygens (including phenoxy) is 2. The van der Waals surface area contributed by atoms with Crippen LogP contribution in [-0.4, -0.2) is 50.8 Å². The summed E-state index contributed by atoms with van der Waals surface area (Å²) in [4.78, 5) is 24.4. The van der Waals surface area contributed by atoms with Gasteiger partial charge in [-0.1, -0.05) is 26.2 Å². The standard InChI is InChI=1S/C15H28N2O4/c1-3-9-16-14(19)15(7-5-4-6-8-15)17-13(18)12-21-11-10-20-2/h3-12H2,1-2H3,(H,16,19)(H,17,18). The number of rotatable bonds is 9. The lowest BCUT2D eigenvalue weighted by Gasteiger charge is -2.36. The molecule has 0 saturated heterocycles. The summed E-state index contributed by atoms with van der Waals surface area (Å²) in [7, 11) is 1.58. The smallest absolute Gasteiger partial charge is 0.246 e. The van der Waals surface area contributed by atoms with Gasteiger partial charge in [-0.05, 0) is 19.3 Å². The average molecular weight is 300 g/mol. The van der Waals surface area contributed by atoms with Crippen molar-refractivity contribution in [2.75, 3.05) is 33.5 Å². The Morgan fingerprint density at radius 2 is 1.86 bits per heavy atom. The molecule has 1 fully saturated rings. The number of amides is 2. The molecule has 2 amide bonds. The molecule has 1 aliphatic carbocycles. The monoisotopic (exact) mass is 300 g/mol. The number of carbonyl (C=O) groups is 2. The van der Waals surface area contributed by atoms with Gasteiger partial charge in [-0.15, -0.1) is 0 Å². The van der Waals surface area contributed by atoms with Crippen LogP contribution in [0.15, 0.2) is 0 Å². The lowest BCUT2D eigenvalue weighted by atomic mass is 9.80. The van der Waals surface area contributed by atoms with Crippen molar-refractivity contribution in [3.63, 3.8) is 0 Å². The normalized spacial score (nSPS) is 17.2. The zero-order chi connectivity index (χ0) is 15.6. The van der Waals surface area contributed by atoms with Crippen molar-refractivity contribution >= 4 is 11.8 Å². The molecule has 1 aliphatic rings. The average Bonchev–Trinajstić information content (AvgIpc) is 2.50. The van der Waals surface area contributed by atoms with Crippen molar-refractivity contribution in [2.45, 2.75) is 51.0 Å². The van der Waals surface area contributed by atoms with Crippen LogP contribution >= 0.6 is 0 Å². The van der Waals surface area contributed by atoms with Gasteiger partial charge in [0.05, 0.1) is 13.2 Å². The minimum Gasteiger partial charge on any atom is -0.382 e. The summed E-state index contributed by atoms with van der Waals surface area (Å²) in [6.45, 7) is 3.44. The van der Waals surface area contributed by atoms with E-state index in [4.69, 9.17) is 9.47 Å². The molecule has 0 bridgehead atoms. The minimum atomic E-state index is -0.755. The summed E-state index contributed by atoms with van der Waals surface area (Å²) < 4.78 is 10.1. The molecule has 0 heterocycles. The minimum absolute atomic E-state index is 0.0355. The van der Waals surface area contributed by atoms with E-state index in [-0.39, 0.29) is 18.4 Å². The number of hydrogen-bond donors (Lipinski definition) is 2. The van der Waals surface area contributed by atoms with Crippen molar-refractivity contribution in [1.29, 1.82) is 0 Å². The first-order valence-electron chi connectivity index (χ1n) is 7.80. The maximum atomic E-state index is 12.4. The third-order valence-corrected chi connectivity index (χ3v) is 3.72. The lowest BCUT2D eigenvalue weighted by Crippen LogP contribution is -2.60. The summed E-state index contributed by atoms with van der Waals surface area (Å²) in [6, 6.07) is 0. The number of methoxy groups -OCH3 is 1. The topological polar surface area (TPSA) is 76.7 Å². The van der Waals surface area contributed by atoms with Gasteiger partial charge >= 0.3 is 0 Å². The fourth-order valence-corrected chi connectivity index (χ4v) is 2.58. The van der Waals surface area contributed by atoms with Gasteiger partial charge in [-0.3, -0.25) is 9.59 Å². The molecule has 0 spiro atoms. The first kappa shape index (κ1) is 17.9. The predicted octanol–water partition coefficient (Wildman–Crippen LogP) is 0.995. The van der Waals surface area contributed by atoms with Crippen LogP contribution < -0.4 is 10.6 Å². The van der Waals surface area contributed by atoms with Gasteiger partial charge in [0.1, 0.15) is 12.1 Å². The summed E-state index contributed by atoms with van der Waals surface area (Å²) in [6.07, 6.45) is 5.33. The molecular formula is C15H28N2O4. The Balaban J connectivity index is 2.52. The Kier molecular flexibility index (Phi) is 8.30. The number of carbonyl (C=O) groups excluding carboxylic acids is 2. The van der Waals surface area contributed by atoms with E-state index in [1.807, 2.05) is 6.92 Å². The summed E-state index contributed by atoms with van der Waals surface area (Å²) in [5, 5.41) is 5.81. The highest BCUT2D eigenvalue weighted by Crippen LogP contribution is 2.28. The van der Waals surface area contributed by atoms with E-state index in [1.54, 1.807) is 7.11 Å². The molecule has 0 aromatic carbocycles. The van der Waals surface area contributed by atoms with Gasteiger partial charge in [0.2, 0.25) is 11.8 Å². The highest BCUT2D eigenvalue weighted by Gasteiger charge is 2.40. The zero-order valence-electron chi connectivity index (χ0n) is 13.2. The van der Waals surface area contributed by atoms with Gasteiger partial charge in [0.15, 0.2) is 0 Å². The van der Waals surface area contributed by atoms with E-state index in [9.17, 15) is 9.59 Å². The SMILES string of the molecule is CCCNC(=O)C1(NC(=O)COCCOC)CCCCC1. The van der Waals surface area contributed by atoms with Crippen LogP contribution in [0, 0.1) is 0 Å². The van der Waals surface area contributed by atoms with Crippen LogP contribution in [0.5, 0.6) is 0 Å². The Morgan fingerprint density at radius 1 is 1.14 bits per heavy atom. The zero-order valence-corrected chi connectivity index (χ0v) is 13.2. The second-order valence-corrected chi connectivity index (χ2v) is 5.49. The fraction of sp³-hybridized carbons (Fsp3) is 0.867. The van der Waals surface area contributed by atoms with Gasteiger partial charge in [-0.25, -0.2) is 0 Å². The van der Waals surface area contributed by atoms with E-state index < -0.39 is 5.54 Å². The van der Waals surface area contributed by atoms with E-state index in [2.05, 4.69) is 10.6 Å². The molecule has 6 nitrogen and oxygen atoms in total. The molecular weight excluding hydrogens is 272 g/mol. The van der Waals surface area contributed by atoms with Gasteiger partial charge in [-0.2, -0.15) is 0 Å². The Bertz CT molecular complexity index is 328. The van der Waals surface area contributed by atoms with E-state index in [0.717, 1.165) is 25.7 Å². The first-order valence-corrected chi connectivity index (χ1v) is 7.80. The molecule has 1 saturated carbocycles. The van der Waals surface area contributed by atoms with Crippen LogP contribution in [0.25, 0.3) is 0 Å². The molecule has 122 valence electrons. The molecule has 0 aliphatic heterocycles. The molecule has 0 radical (unpaired) electrons. The maximum Gasteiger partial charge on any atom is 0.246 e. The van der Waals surface area contributed by atoms with Crippen molar-refractivity contribution < 1.29 is 19.1 Å². The largest absolute Gasteiger partial charge is 0.382 e. The molecule has 1 rings (SSSR count). The predicted molar refractivity (Wildman–Crippen MR) is 80.0 cm³/mol. The van der Waals surface area contributed by atoms with Crippen LogP contribution in [0.3, 0.4) is 0 Å². The molecule has 6 heteroatoms. The molecule has 0 atom stereocenters. The number of nitrogens with one attached hydrogen (secondary N) is 2. The van der Waals surface area contributed by atoms with E-state index >= 15 is 0 Å². The summed E-state index contributed by atoms with van der Waals surface area (Å²) >= 11 is 0. The van der Waals surface area contributed by atoms with Crippen molar-refractivity contribution in [2.24, 2.45) is 0 Å². The fourth-order valence-electron chi connectivity index (χ4n) is 2.58. The molecule has 0 aromatic heterocycles. The van der Waals surface area contributed by atoms with Crippen molar-refractivity contribution in [3.8, 4) is 0 Å². The highest BCUT2D eigenvalue weighted by atomic mass is 16.5. The van der Waals surface area contributed by atoms with Crippen LogP contribution in [-0.2, 0) is 19.1 Å². The van der Waals surface area contributed by atoms with Gasteiger partial charge < -0.3 is 20.1 Å². The highest BCUT2D eigenvalue weighted by molar-refractivity contribution is 5.91. The van der Waals surface area contributed by atoms with Gasteiger partial charge in [0, 0.05) is 13.7 Å². The van der Waals surface area contributed by atoms with Crippen LogP contribution in [0.1, 0.15) is 45.4 Å². The Labute approximate surface area is 126 Å². The second-order valence-electron chi connectivity index (χ2n) is 5.49. The Hall–Kier alpha value is -1.14. The van der Waals surface area contributed by atoms with Crippen molar-refractivity contribution in [3.05, 3.63) is 0 Å². The van der Waals surface area contributed by atoms with Crippen molar-refractivity contribution in [1.82, 2.24) is 10.6 Å². The molecule has 0 aromatic rings. The first-order chi connectivity index (χ1) is 10.1. The molecule has 2 N–H and O–H groups in total. The van der Waals surface area contributed by atoms with Crippen LogP contribution in [0.2, 0.25) is 0 Å². The second kappa shape index (κ2) is 9.73. The number of hydrogen-bond acceptors (Lipinski definition) is 4. The summed E-state index contributed by atoms with van der Waals surface area (Å²) in [5.41, 5.74) is -0.755. The third kappa shape index (κ3) is 6.01. The summed E-state index contributed by atoms with van der Waals surface area (Å²) in [5.74, 6) is -0.297. The van der Waals surface area contributed by atoms with Crippen LogP contribution in [0.4, 0.5) is 0 Å². The molecule has 21 heavy (non-hydrogen) atoms. The maximum absolute atomic E-state index is 12.4. The quantitative estimate of drug-likeness (QED) is 0.623. The lowest BCUT2D eigenvalue weighted by molar-refractivity contribution is -0.137. The van der Waals surface area contributed by atoms with E-state index in [1.165, 1.54) is 0 Å². The molecule has 0 unspecified atom stereocenters. The van der Waals surface area contributed by atoms with Gasteiger partial charge in [0.25, 0.3) is 0 Å². The third-order valence-electron chi connectivity index (χ3n) is 3.72. The van der Waals surface area contributed by atoms with E-state index in [0.29, 0.717) is 32.6 Å². The Morgan fingerprint density at radius 3 is 2.48 bits per heavy atom.